The minimum absolute atomic E-state index is 0. The molecular weight excluding hydrogens is 285 g/mol. The smallest absolute Gasteiger partial charge is 0.242 e. The molecule has 0 spiro atoms. The molecule has 0 amide bonds. The SMILES string of the molecule is CNc1nc(N)nnc1-c1cc(C)c(C)c(Cl)c1Cl.[HH].[HH].[HH]. The van der Waals surface area contributed by atoms with Gasteiger partial charge in [-0.1, -0.05) is 23.2 Å². The van der Waals surface area contributed by atoms with Crippen LogP contribution in [0.15, 0.2) is 6.07 Å². The van der Waals surface area contributed by atoms with Crippen molar-refractivity contribution < 1.29 is 4.28 Å². The zero-order chi connectivity index (χ0) is 14.2. The van der Waals surface area contributed by atoms with Gasteiger partial charge in [0.05, 0.1) is 10.0 Å². The summed E-state index contributed by atoms with van der Waals surface area (Å²) in [5, 5.41) is 11.7. The number of aromatic nitrogens is 3. The predicted octanol–water partition coefficient (Wildman–Crippen LogP) is 3.82. The second-order valence-corrected chi connectivity index (χ2v) is 4.87. The molecule has 0 aliphatic rings. The van der Waals surface area contributed by atoms with Gasteiger partial charge in [-0.3, -0.25) is 0 Å². The molecule has 2 aromatic rings. The minimum atomic E-state index is 0. The van der Waals surface area contributed by atoms with Gasteiger partial charge >= 0.3 is 0 Å². The lowest BCUT2D eigenvalue weighted by Crippen LogP contribution is -2.05. The molecule has 0 aliphatic heterocycles. The fraction of sp³-hybridized carbons (Fsp3) is 0.250. The van der Waals surface area contributed by atoms with Crippen molar-refractivity contribution in [2.45, 2.75) is 13.8 Å². The van der Waals surface area contributed by atoms with Gasteiger partial charge in [0, 0.05) is 16.9 Å². The Hall–Kier alpha value is -1.59. The largest absolute Gasteiger partial charge is 0.371 e. The highest BCUT2D eigenvalue weighted by Crippen LogP contribution is 2.38. The molecule has 7 heteroatoms. The third kappa shape index (κ3) is 2.43. The quantitative estimate of drug-likeness (QED) is 0.882. The van der Waals surface area contributed by atoms with E-state index in [0.717, 1.165) is 11.1 Å². The maximum atomic E-state index is 6.29. The van der Waals surface area contributed by atoms with Crippen LogP contribution in [0.25, 0.3) is 11.3 Å². The first-order chi connectivity index (χ1) is 8.95. The number of nitrogens with zero attached hydrogens (tertiary/aromatic N) is 3. The van der Waals surface area contributed by atoms with Gasteiger partial charge in [0.2, 0.25) is 5.95 Å². The number of benzene rings is 1. The van der Waals surface area contributed by atoms with Crippen LogP contribution >= 0.6 is 23.2 Å². The molecule has 0 saturated carbocycles. The average molecular weight is 304 g/mol. The molecule has 0 aliphatic carbocycles. The van der Waals surface area contributed by atoms with E-state index in [-0.39, 0.29) is 10.2 Å². The molecule has 0 unspecified atom stereocenters. The summed E-state index contributed by atoms with van der Waals surface area (Å²) in [4.78, 5) is 4.08. The summed E-state index contributed by atoms with van der Waals surface area (Å²) in [6, 6.07) is 1.91. The zero-order valence-electron chi connectivity index (χ0n) is 10.8. The summed E-state index contributed by atoms with van der Waals surface area (Å²) >= 11 is 12.5. The molecule has 0 bridgehead atoms. The van der Waals surface area contributed by atoms with Gasteiger partial charge < -0.3 is 11.1 Å². The molecule has 0 atom stereocenters. The van der Waals surface area contributed by atoms with E-state index >= 15 is 0 Å². The van der Waals surface area contributed by atoms with Gasteiger partial charge in [0.15, 0.2) is 5.82 Å². The second-order valence-electron chi connectivity index (χ2n) is 4.11. The van der Waals surface area contributed by atoms with E-state index in [2.05, 4.69) is 20.5 Å². The topological polar surface area (TPSA) is 76.7 Å². The highest BCUT2D eigenvalue weighted by Gasteiger charge is 2.17. The van der Waals surface area contributed by atoms with E-state index in [9.17, 15) is 0 Å². The number of nitrogens with one attached hydrogen (secondary N) is 1. The summed E-state index contributed by atoms with van der Waals surface area (Å²) in [6.07, 6.45) is 0. The molecule has 0 fully saturated rings. The Morgan fingerprint density at radius 1 is 1.21 bits per heavy atom. The zero-order valence-corrected chi connectivity index (χ0v) is 12.3. The van der Waals surface area contributed by atoms with Crippen molar-refractivity contribution in [2.24, 2.45) is 0 Å². The van der Waals surface area contributed by atoms with Gasteiger partial charge in [-0.2, -0.15) is 4.98 Å². The van der Waals surface area contributed by atoms with Crippen LogP contribution in [0.1, 0.15) is 15.4 Å². The number of rotatable bonds is 2. The monoisotopic (exact) mass is 303 g/mol. The van der Waals surface area contributed by atoms with Crippen molar-refractivity contribution in [3.05, 3.63) is 27.2 Å². The van der Waals surface area contributed by atoms with Crippen LogP contribution in [0.2, 0.25) is 10.0 Å². The van der Waals surface area contributed by atoms with E-state index in [1.807, 2.05) is 19.9 Å². The summed E-state index contributed by atoms with van der Waals surface area (Å²) in [5.41, 5.74) is 8.68. The van der Waals surface area contributed by atoms with Crippen molar-refractivity contribution in [3.63, 3.8) is 0 Å². The predicted molar refractivity (Wildman–Crippen MR) is 85.1 cm³/mol. The average Bonchev–Trinajstić information content (AvgIpc) is 2.40. The summed E-state index contributed by atoms with van der Waals surface area (Å²) in [7, 11) is 1.73. The van der Waals surface area contributed by atoms with Crippen LogP contribution in [0.5, 0.6) is 0 Å². The van der Waals surface area contributed by atoms with Crippen LogP contribution < -0.4 is 11.1 Å². The fourth-order valence-corrected chi connectivity index (χ4v) is 2.25. The molecular formula is C12H19Cl2N5. The first-order valence-corrected chi connectivity index (χ1v) is 6.34. The first kappa shape index (κ1) is 13.8. The van der Waals surface area contributed by atoms with Crippen LogP contribution in [-0.2, 0) is 0 Å². The van der Waals surface area contributed by atoms with Gasteiger partial charge in [-0.05, 0) is 31.0 Å². The maximum Gasteiger partial charge on any atom is 0.242 e. The van der Waals surface area contributed by atoms with E-state index in [1.165, 1.54) is 0 Å². The normalized spacial score (nSPS) is 10.6. The number of nitrogens with two attached hydrogens (primary N) is 1. The van der Waals surface area contributed by atoms with Crippen molar-refractivity contribution in [1.82, 2.24) is 15.2 Å². The Morgan fingerprint density at radius 3 is 2.53 bits per heavy atom. The maximum absolute atomic E-state index is 6.29. The number of aryl methyl sites for hydroxylation is 1. The molecule has 0 radical (unpaired) electrons. The van der Waals surface area contributed by atoms with Crippen LogP contribution in [0, 0.1) is 13.8 Å². The third-order valence-corrected chi connectivity index (χ3v) is 3.87. The second kappa shape index (κ2) is 5.19. The molecule has 3 N–H and O–H groups in total. The fourth-order valence-electron chi connectivity index (χ4n) is 1.71. The number of hydrogen-bond donors (Lipinski definition) is 2. The lowest BCUT2D eigenvalue weighted by Gasteiger charge is -2.12. The molecule has 5 nitrogen and oxygen atoms in total. The number of hydrogen-bond acceptors (Lipinski definition) is 5. The summed E-state index contributed by atoms with van der Waals surface area (Å²) in [5.74, 6) is 0.605. The Kier molecular flexibility index (Phi) is 3.78. The number of nitrogen functional groups attached to an aromatic ring is 1. The number of halogens is 2. The van der Waals surface area contributed by atoms with E-state index in [4.69, 9.17) is 28.9 Å². The Balaban J connectivity index is 0. The molecule has 0 saturated heterocycles. The lowest BCUT2D eigenvalue weighted by atomic mass is 10.0. The van der Waals surface area contributed by atoms with Gasteiger partial charge in [-0.15, -0.1) is 10.2 Å². The van der Waals surface area contributed by atoms with Gasteiger partial charge in [0.25, 0.3) is 0 Å². The van der Waals surface area contributed by atoms with Gasteiger partial charge in [0.1, 0.15) is 5.69 Å². The van der Waals surface area contributed by atoms with Crippen molar-refractivity contribution in [1.29, 1.82) is 0 Å². The lowest BCUT2D eigenvalue weighted by molar-refractivity contribution is 0.993. The van der Waals surface area contributed by atoms with Crippen LogP contribution in [0.4, 0.5) is 11.8 Å². The van der Waals surface area contributed by atoms with E-state index in [1.54, 1.807) is 7.05 Å². The van der Waals surface area contributed by atoms with Crippen LogP contribution in [0.3, 0.4) is 0 Å². The Labute approximate surface area is 125 Å². The Bertz CT molecular complexity index is 655. The molecule has 1 aromatic heterocycles. The van der Waals surface area contributed by atoms with Crippen molar-refractivity contribution >= 4 is 35.0 Å². The van der Waals surface area contributed by atoms with Gasteiger partial charge in [-0.25, -0.2) is 0 Å². The standard InChI is InChI=1S/C12H13Cl2N5.3H2/c1-5-4-7(9(14)8(13)6(5)2)10-11(16-3)17-12(15)19-18-10;;;/h4H,1-3H3,(H3,15,16,17,19);3*1H. The van der Waals surface area contributed by atoms with Crippen molar-refractivity contribution in [3.8, 4) is 11.3 Å². The van der Waals surface area contributed by atoms with Crippen molar-refractivity contribution in [2.75, 3.05) is 18.1 Å². The van der Waals surface area contributed by atoms with Crippen LogP contribution in [-0.4, -0.2) is 22.2 Å². The third-order valence-electron chi connectivity index (χ3n) is 2.91. The Morgan fingerprint density at radius 2 is 1.89 bits per heavy atom. The molecule has 2 rings (SSSR count). The molecule has 106 valence electrons. The number of anilines is 2. The highest BCUT2D eigenvalue weighted by atomic mass is 35.5. The summed E-state index contributed by atoms with van der Waals surface area (Å²) < 4.78 is 0. The molecule has 1 heterocycles. The first-order valence-electron chi connectivity index (χ1n) is 5.59. The minimum Gasteiger partial charge on any atom is -0.371 e. The van der Waals surface area contributed by atoms with E-state index in [0.29, 0.717) is 27.1 Å². The molecule has 1 aromatic carbocycles. The molecule has 19 heavy (non-hydrogen) atoms. The highest BCUT2D eigenvalue weighted by molar-refractivity contribution is 6.44. The van der Waals surface area contributed by atoms with E-state index < -0.39 is 0 Å². The summed E-state index contributed by atoms with van der Waals surface area (Å²) in [6.45, 7) is 3.87.